The molecular formula is C12H17NO4. The molecule has 4 unspecified atom stereocenters. The van der Waals surface area contributed by atoms with Gasteiger partial charge in [0.2, 0.25) is 5.91 Å². The standard InChI is InChI=1S/C12H17NO4/c14-6-5-13-11(15)9-7-1-3-8(4-2-7)10(9)12(16)17/h1,3,7-10,14H,2,4-6H2,(H,13,15)(H,16,17). The van der Waals surface area contributed by atoms with Crippen molar-refractivity contribution in [3.8, 4) is 0 Å². The van der Waals surface area contributed by atoms with E-state index in [-0.39, 0.29) is 30.9 Å². The second-order valence-corrected chi connectivity index (χ2v) is 4.69. The summed E-state index contributed by atoms with van der Waals surface area (Å²) >= 11 is 0. The van der Waals surface area contributed by atoms with Crippen LogP contribution in [0.15, 0.2) is 12.2 Å². The fraction of sp³-hybridized carbons (Fsp3) is 0.667. The van der Waals surface area contributed by atoms with Crippen molar-refractivity contribution in [2.24, 2.45) is 23.7 Å². The number of amides is 1. The summed E-state index contributed by atoms with van der Waals surface area (Å²) in [6.45, 7) is 0.0584. The molecule has 0 aromatic rings. The number of hydrogen-bond donors (Lipinski definition) is 3. The summed E-state index contributed by atoms with van der Waals surface area (Å²) in [5, 5.41) is 20.5. The van der Waals surface area contributed by atoms with Crippen molar-refractivity contribution in [2.75, 3.05) is 13.2 Å². The number of hydrogen-bond acceptors (Lipinski definition) is 3. The van der Waals surface area contributed by atoms with Crippen molar-refractivity contribution in [3.63, 3.8) is 0 Å². The van der Waals surface area contributed by atoms with E-state index >= 15 is 0 Å². The summed E-state index contributed by atoms with van der Waals surface area (Å²) in [5.41, 5.74) is 0. The van der Waals surface area contributed by atoms with Crippen LogP contribution in [-0.4, -0.2) is 35.2 Å². The second kappa shape index (κ2) is 4.87. The number of rotatable bonds is 4. The molecular weight excluding hydrogens is 222 g/mol. The molecule has 0 aromatic heterocycles. The molecule has 3 N–H and O–H groups in total. The Morgan fingerprint density at radius 2 is 1.76 bits per heavy atom. The fourth-order valence-corrected chi connectivity index (χ4v) is 2.99. The minimum Gasteiger partial charge on any atom is -0.481 e. The first-order valence-electron chi connectivity index (χ1n) is 5.95. The van der Waals surface area contributed by atoms with Crippen LogP contribution in [0.3, 0.4) is 0 Å². The zero-order valence-electron chi connectivity index (χ0n) is 9.50. The Labute approximate surface area is 99.5 Å². The maximum absolute atomic E-state index is 11.9. The number of nitrogens with one attached hydrogen (secondary N) is 1. The average molecular weight is 239 g/mol. The number of carboxylic acid groups (broad SMARTS) is 1. The van der Waals surface area contributed by atoms with Gasteiger partial charge in [0.25, 0.3) is 0 Å². The van der Waals surface area contributed by atoms with Gasteiger partial charge in [-0.05, 0) is 24.7 Å². The van der Waals surface area contributed by atoms with Gasteiger partial charge in [0.1, 0.15) is 0 Å². The highest BCUT2D eigenvalue weighted by Gasteiger charge is 2.47. The van der Waals surface area contributed by atoms with E-state index in [1.54, 1.807) is 0 Å². The van der Waals surface area contributed by atoms with E-state index in [4.69, 9.17) is 5.11 Å². The van der Waals surface area contributed by atoms with E-state index in [9.17, 15) is 14.7 Å². The Kier molecular flexibility index (Phi) is 3.47. The first-order valence-corrected chi connectivity index (χ1v) is 5.95. The lowest BCUT2D eigenvalue weighted by Gasteiger charge is -2.41. The lowest BCUT2D eigenvalue weighted by Crippen LogP contribution is -2.49. The van der Waals surface area contributed by atoms with E-state index < -0.39 is 17.8 Å². The number of allylic oxidation sites excluding steroid dienone is 2. The predicted molar refractivity (Wildman–Crippen MR) is 60.1 cm³/mol. The summed E-state index contributed by atoms with van der Waals surface area (Å²) in [4.78, 5) is 23.2. The Morgan fingerprint density at radius 1 is 1.18 bits per heavy atom. The molecule has 0 aromatic carbocycles. The largest absolute Gasteiger partial charge is 0.481 e. The molecule has 94 valence electrons. The number of fused-ring (bicyclic) bond motifs is 2. The smallest absolute Gasteiger partial charge is 0.307 e. The van der Waals surface area contributed by atoms with Gasteiger partial charge in [0.15, 0.2) is 0 Å². The molecule has 0 radical (unpaired) electrons. The first kappa shape index (κ1) is 12.1. The van der Waals surface area contributed by atoms with E-state index in [1.807, 2.05) is 12.2 Å². The molecule has 3 aliphatic rings. The van der Waals surface area contributed by atoms with Gasteiger partial charge in [-0.3, -0.25) is 9.59 Å². The highest BCUT2D eigenvalue weighted by atomic mass is 16.4. The van der Waals surface area contributed by atoms with Crippen LogP contribution < -0.4 is 5.32 Å². The molecule has 17 heavy (non-hydrogen) atoms. The van der Waals surface area contributed by atoms with Crippen LogP contribution in [0.25, 0.3) is 0 Å². The van der Waals surface area contributed by atoms with Crippen LogP contribution in [-0.2, 0) is 9.59 Å². The fourth-order valence-electron chi connectivity index (χ4n) is 2.99. The zero-order valence-corrected chi connectivity index (χ0v) is 9.50. The molecule has 5 nitrogen and oxygen atoms in total. The molecule has 0 aliphatic heterocycles. The minimum absolute atomic E-state index is 0.0256. The number of carbonyl (C=O) groups is 2. The van der Waals surface area contributed by atoms with Crippen LogP contribution >= 0.6 is 0 Å². The molecule has 2 bridgehead atoms. The summed E-state index contributed by atoms with van der Waals surface area (Å²) in [6, 6.07) is 0. The zero-order chi connectivity index (χ0) is 12.4. The Hall–Kier alpha value is -1.36. The van der Waals surface area contributed by atoms with Gasteiger partial charge in [0.05, 0.1) is 18.4 Å². The molecule has 0 saturated heterocycles. The Bertz CT molecular complexity index is 352. The van der Waals surface area contributed by atoms with Crippen molar-refractivity contribution >= 4 is 11.9 Å². The highest BCUT2D eigenvalue weighted by Crippen LogP contribution is 2.44. The Morgan fingerprint density at radius 3 is 2.24 bits per heavy atom. The highest BCUT2D eigenvalue weighted by molar-refractivity contribution is 5.86. The Balaban J connectivity index is 2.15. The second-order valence-electron chi connectivity index (χ2n) is 4.69. The van der Waals surface area contributed by atoms with Crippen molar-refractivity contribution < 1.29 is 19.8 Å². The van der Waals surface area contributed by atoms with Gasteiger partial charge in [0, 0.05) is 6.54 Å². The summed E-state index contributed by atoms with van der Waals surface area (Å²) in [5.74, 6) is -2.24. The third-order valence-electron chi connectivity index (χ3n) is 3.75. The number of aliphatic hydroxyl groups is 1. The molecule has 1 amide bonds. The molecule has 1 saturated carbocycles. The van der Waals surface area contributed by atoms with Gasteiger partial charge in [-0.25, -0.2) is 0 Å². The van der Waals surface area contributed by atoms with Crippen molar-refractivity contribution in [3.05, 3.63) is 12.2 Å². The number of aliphatic hydroxyl groups excluding tert-OH is 1. The summed E-state index contributed by atoms with van der Waals surface area (Å²) in [6.07, 6.45) is 5.63. The van der Waals surface area contributed by atoms with Crippen LogP contribution in [0, 0.1) is 23.7 Å². The maximum Gasteiger partial charge on any atom is 0.307 e. The SMILES string of the molecule is O=C(O)C1C2C=CC(CC2)C1C(=O)NCCO. The maximum atomic E-state index is 11.9. The van der Waals surface area contributed by atoms with Gasteiger partial charge in [-0.2, -0.15) is 0 Å². The van der Waals surface area contributed by atoms with Crippen LogP contribution in [0.2, 0.25) is 0 Å². The average Bonchev–Trinajstić information content (AvgIpc) is 2.36. The molecule has 3 rings (SSSR count). The van der Waals surface area contributed by atoms with E-state index in [1.165, 1.54) is 0 Å². The summed E-state index contributed by atoms with van der Waals surface area (Å²) in [7, 11) is 0. The molecule has 0 heterocycles. The van der Waals surface area contributed by atoms with Crippen LogP contribution in [0.4, 0.5) is 0 Å². The third-order valence-corrected chi connectivity index (χ3v) is 3.75. The van der Waals surface area contributed by atoms with Crippen LogP contribution in [0.1, 0.15) is 12.8 Å². The van der Waals surface area contributed by atoms with E-state index in [0.717, 1.165) is 12.8 Å². The quantitative estimate of drug-likeness (QED) is 0.603. The molecule has 4 atom stereocenters. The number of carboxylic acids is 1. The molecule has 1 fully saturated rings. The third kappa shape index (κ3) is 2.20. The molecule has 5 heteroatoms. The minimum atomic E-state index is -0.895. The van der Waals surface area contributed by atoms with Crippen LogP contribution in [0.5, 0.6) is 0 Å². The van der Waals surface area contributed by atoms with Gasteiger partial charge in [-0.1, -0.05) is 12.2 Å². The van der Waals surface area contributed by atoms with Gasteiger partial charge < -0.3 is 15.5 Å². The molecule has 0 spiro atoms. The van der Waals surface area contributed by atoms with Gasteiger partial charge in [-0.15, -0.1) is 0 Å². The lowest BCUT2D eigenvalue weighted by atomic mass is 9.62. The first-order chi connectivity index (χ1) is 8.15. The van der Waals surface area contributed by atoms with Crippen molar-refractivity contribution in [2.45, 2.75) is 12.8 Å². The number of carbonyl (C=O) groups excluding carboxylic acids is 1. The summed E-state index contributed by atoms with van der Waals surface area (Å²) < 4.78 is 0. The topological polar surface area (TPSA) is 86.6 Å². The van der Waals surface area contributed by atoms with Crippen molar-refractivity contribution in [1.29, 1.82) is 0 Å². The van der Waals surface area contributed by atoms with Gasteiger partial charge >= 0.3 is 5.97 Å². The van der Waals surface area contributed by atoms with Crippen molar-refractivity contribution in [1.82, 2.24) is 5.32 Å². The monoisotopic (exact) mass is 239 g/mol. The lowest BCUT2D eigenvalue weighted by molar-refractivity contribution is -0.153. The van der Waals surface area contributed by atoms with E-state index in [2.05, 4.69) is 5.32 Å². The predicted octanol–water partition coefficient (Wildman–Crippen LogP) is 0.00790. The normalized spacial score (nSPS) is 34.6. The molecule has 3 aliphatic carbocycles. The number of aliphatic carboxylic acids is 1. The van der Waals surface area contributed by atoms with E-state index in [0.29, 0.717) is 0 Å².